The largest absolute Gasteiger partial charge is 0.0885 e. The van der Waals surface area contributed by atoms with Gasteiger partial charge >= 0.3 is 0 Å². The van der Waals surface area contributed by atoms with Crippen molar-refractivity contribution >= 4 is 0 Å². The van der Waals surface area contributed by atoms with Crippen LogP contribution >= 0.6 is 0 Å². The molecule has 0 radical (unpaired) electrons. The molecule has 0 aliphatic heterocycles. The van der Waals surface area contributed by atoms with Crippen LogP contribution < -0.4 is 0 Å². The monoisotopic (exact) mass is 204 g/mol. The maximum Gasteiger partial charge on any atom is -0.0317 e. The zero-order chi connectivity index (χ0) is 10.5. The van der Waals surface area contributed by atoms with E-state index in [1.165, 1.54) is 51.4 Å². The number of rotatable bonds is 3. The van der Waals surface area contributed by atoms with Crippen molar-refractivity contribution in [3.05, 3.63) is 23.8 Å². The maximum atomic E-state index is 2.55. The van der Waals surface area contributed by atoms with E-state index >= 15 is 0 Å². The van der Waals surface area contributed by atoms with Crippen LogP contribution in [0.15, 0.2) is 23.8 Å². The molecule has 0 saturated heterocycles. The molecule has 2 rings (SSSR count). The molecule has 2 aliphatic carbocycles. The van der Waals surface area contributed by atoms with E-state index in [0.717, 1.165) is 11.8 Å². The van der Waals surface area contributed by atoms with Crippen molar-refractivity contribution in [3.8, 4) is 0 Å². The summed E-state index contributed by atoms with van der Waals surface area (Å²) in [6.45, 7) is 2.29. The first-order valence-corrected chi connectivity index (χ1v) is 6.73. The predicted molar refractivity (Wildman–Crippen MR) is 66.8 cm³/mol. The summed E-state index contributed by atoms with van der Waals surface area (Å²) in [7, 11) is 0. The second-order valence-electron chi connectivity index (χ2n) is 5.19. The smallest absolute Gasteiger partial charge is 0.0317 e. The van der Waals surface area contributed by atoms with Crippen LogP contribution in [0.2, 0.25) is 0 Å². The minimum Gasteiger partial charge on any atom is -0.0885 e. The van der Waals surface area contributed by atoms with E-state index in [2.05, 4.69) is 25.2 Å². The Morgan fingerprint density at radius 1 is 1.13 bits per heavy atom. The summed E-state index contributed by atoms with van der Waals surface area (Å²) in [5.41, 5.74) is 1.74. The van der Waals surface area contributed by atoms with Crippen LogP contribution in [0, 0.1) is 11.8 Å². The lowest BCUT2D eigenvalue weighted by Crippen LogP contribution is -2.18. The standard InChI is InChI=1S/C15H24/c1-2-6-13-9-11-15(12-10-13)14-7-4-3-5-8-14/h3-4,9,14-15H,2,5-8,10-12H2,1H3. The van der Waals surface area contributed by atoms with E-state index < -0.39 is 0 Å². The average molecular weight is 204 g/mol. The second kappa shape index (κ2) is 5.53. The van der Waals surface area contributed by atoms with Gasteiger partial charge in [-0.05, 0) is 56.8 Å². The van der Waals surface area contributed by atoms with Gasteiger partial charge in [-0.1, -0.05) is 37.1 Å². The van der Waals surface area contributed by atoms with Gasteiger partial charge in [0.15, 0.2) is 0 Å². The molecule has 0 nitrogen and oxygen atoms in total. The van der Waals surface area contributed by atoms with E-state index in [1.54, 1.807) is 5.57 Å². The Kier molecular flexibility index (Phi) is 4.05. The lowest BCUT2D eigenvalue weighted by atomic mass is 9.75. The topological polar surface area (TPSA) is 0 Å². The first kappa shape index (κ1) is 11.0. The van der Waals surface area contributed by atoms with Crippen LogP contribution in [0.3, 0.4) is 0 Å². The van der Waals surface area contributed by atoms with Crippen LogP contribution in [0.25, 0.3) is 0 Å². The van der Waals surface area contributed by atoms with Gasteiger partial charge < -0.3 is 0 Å². The Morgan fingerprint density at radius 3 is 2.60 bits per heavy atom. The average Bonchev–Trinajstić information content (AvgIpc) is 2.32. The van der Waals surface area contributed by atoms with E-state index in [9.17, 15) is 0 Å². The highest BCUT2D eigenvalue weighted by molar-refractivity contribution is 5.07. The fourth-order valence-electron chi connectivity index (χ4n) is 3.13. The molecular formula is C15H24. The summed E-state index contributed by atoms with van der Waals surface area (Å²) in [5.74, 6) is 1.99. The maximum absolute atomic E-state index is 2.55. The van der Waals surface area contributed by atoms with Crippen molar-refractivity contribution in [1.82, 2.24) is 0 Å². The molecule has 2 atom stereocenters. The van der Waals surface area contributed by atoms with Gasteiger partial charge in [0.05, 0.1) is 0 Å². The van der Waals surface area contributed by atoms with E-state index in [-0.39, 0.29) is 0 Å². The summed E-state index contributed by atoms with van der Waals surface area (Å²) in [6, 6.07) is 0. The lowest BCUT2D eigenvalue weighted by molar-refractivity contribution is 0.283. The van der Waals surface area contributed by atoms with Crippen molar-refractivity contribution in [2.45, 2.75) is 58.3 Å². The first-order valence-electron chi connectivity index (χ1n) is 6.73. The molecule has 0 N–H and O–H groups in total. The molecule has 2 unspecified atom stereocenters. The van der Waals surface area contributed by atoms with E-state index in [0.29, 0.717) is 0 Å². The lowest BCUT2D eigenvalue weighted by Gasteiger charge is -2.30. The van der Waals surface area contributed by atoms with Crippen LogP contribution in [0.4, 0.5) is 0 Å². The molecule has 0 saturated carbocycles. The number of hydrogen-bond acceptors (Lipinski definition) is 0. The normalized spacial score (nSPS) is 31.4. The van der Waals surface area contributed by atoms with Crippen molar-refractivity contribution in [2.24, 2.45) is 11.8 Å². The molecule has 84 valence electrons. The summed E-state index contributed by atoms with van der Waals surface area (Å²) < 4.78 is 0. The zero-order valence-electron chi connectivity index (χ0n) is 10.0. The molecule has 0 fully saturated rings. The molecule has 0 bridgehead atoms. The van der Waals surface area contributed by atoms with Gasteiger partial charge in [0, 0.05) is 0 Å². The van der Waals surface area contributed by atoms with Crippen molar-refractivity contribution in [2.75, 3.05) is 0 Å². The van der Waals surface area contributed by atoms with E-state index in [1.807, 2.05) is 0 Å². The third-order valence-corrected chi connectivity index (χ3v) is 4.09. The van der Waals surface area contributed by atoms with Gasteiger partial charge in [0.1, 0.15) is 0 Å². The van der Waals surface area contributed by atoms with Gasteiger partial charge in [-0.3, -0.25) is 0 Å². The molecule has 2 aliphatic rings. The van der Waals surface area contributed by atoms with Crippen molar-refractivity contribution in [1.29, 1.82) is 0 Å². The fourth-order valence-corrected chi connectivity index (χ4v) is 3.13. The Hall–Kier alpha value is -0.520. The fraction of sp³-hybridized carbons (Fsp3) is 0.733. The second-order valence-corrected chi connectivity index (χ2v) is 5.19. The zero-order valence-corrected chi connectivity index (χ0v) is 10.0. The summed E-state index contributed by atoms with van der Waals surface area (Å²) in [6.07, 6.45) is 18.3. The molecule has 0 aromatic carbocycles. The molecule has 0 heterocycles. The van der Waals surface area contributed by atoms with Crippen LogP contribution in [0.5, 0.6) is 0 Å². The number of hydrogen-bond donors (Lipinski definition) is 0. The van der Waals surface area contributed by atoms with Gasteiger partial charge in [-0.15, -0.1) is 0 Å². The predicted octanol–water partition coefficient (Wildman–Crippen LogP) is 4.87. The Morgan fingerprint density at radius 2 is 2.00 bits per heavy atom. The molecule has 0 spiro atoms. The highest BCUT2D eigenvalue weighted by Crippen LogP contribution is 2.36. The minimum atomic E-state index is 0.995. The molecular weight excluding hydrogens is 180 g/mol. The third kappa shape index (κ3) is 2.96. The highest BCUT2D eigenvalue weighted by Gasteiger charge is 2.23. The highest BCUT2D eigenvalue weighted by atomic mass is 14.3. The van der Waals surface area contributed by atoms with Crippen LogP contribution in [-0.2, 0) is 0 Å². The van der Waals surface area contributed by atoms with E-state index in [4.69, 9.17) is 0 Å². The van der Waals surface area contributed by atoms with Gasteiger partial charge in [0.2, 0.25) is 0 Å². The Balaban J connectivity index is 1.84. The Bertz CT molecular complexity index is 247. The minimum absolute atomic E-state index is 0.995. The van der Waals surface area contributed by atoms with Crippen LogP contribution in [0.1, 0.15) is 58.3 Å². The molecule has 0 aromatic heterocycles. The molecule has 0 heteroatoms. The molecule has 0 aromatic rings. The third-order valence-electron chi connectivity index (χ3n) is 4.09. The summed E-state index contributed by atoms with van der Waals surface area (Å²) in [5, 5.41) is 0. The van der Waals surface area contributed by atoms with Gasteiger partial charge in [0.25, 0.3) is 0 Å². The van der Waals surface area contributed by atoms with Crippen molar-refractivity contribution in [3.63, 3.8) is 0 Å². The summed E-state index contributed by atoms with van der Waals surface area (Å²) in [4.78, 5) is 0. The summed E-state index contributed by atoms with van der Waals surface area (Å²) >= 11 is 0. The van der Waals surface area contributed by atoms with Gasteiger partial charge in [-0.2, -0.15) is 0 Å². The van der Waals surface area contributed by atoms with Crippen molar-refractivity contribution < 1.29 is 0 Å². The number of allylic oxidation sites excluding steroid dienone is 4. The molecule has 15 heavy (non-hydrogen) atoms. The van der Waals surface area contributed by atoms with Crippen LogP contribution in [-0.4, -0.2) is 0 Å². The quantitative estimate of drug-likeness (QED) is 0.575. The first-order chi connectivity index (χ1) is 7.40. The Labute approximate surface area is 94.5 Å². The van der Waals surface area contributed by atoms with Gasteiger partial charge in [-0.25, -0.2) is 0 Å². The SMILES string of the molecule is CCCC1=CCC(C2CC=CCC2)CC1. The molecule has 0 amide bonds.